The molecule has 100 valence electrons. The van der Waals surface area contributed by atoms with Crippen LogP contribution in [0.15, 0.2) is 48.5 Å². The van der Waals surface area contributed by atoms with Gasteiger partial charge in [0.05, 0.1) is 24.3 Å². The molecule has 0 aliphatic heterocycles. The molecule has 20 heavy (non-hydrogen) atoms. The van der Waals surface area contributed by atoms with E-state index in [1.54, 1.807) is 55.6 Å². The summed E-state index contributed by atoms with van der Waals surface area (Å²) in [5.74, 6) is 0.247. The number of ether oxygens (including phenoxy) is 2. The molecular formula is C16H13NO3. The lowest BCUT2D eigenvalue weighted by Gasteiger charge is -2.07. The van der Waals surface area contributed by atoms with Crippen molar-refractivity contribution < 1.29 is 14.3 Å². The van der Waals surface area contributed by atoms with Gasteiger partial charge >= 0.3 is 5.97 Å². The van der Waals surface area contributed by atoms with Gasteiger partial charge in [-0.3, -0.25) is 0 Å². The molecule has 0 N–H and O–H groups in total. The van der Waals surface area contributed by atoms with Gasteiger partial charge < -0.3 is 9.47 Å². The van der Waals surface area contributed by atoms with Crippen LogP contribution in [-0.4, -0.2) is 13.1 Å². The summed E-state index contributed by atoms with van der Waals surface area (Å²) in [7, 11) is 1.56. The smallest absolute Gasteiger partial charge is 0.338 e. The van der Waals surface area contributed by atoms with E-state index >= 15 is 0 Å². The van der Waals surface area contributed by atoms with Crippen LogP contribution in [0.4, 0.5) is 0 Å². The zero-order valence-corrected chi connectivity index (χ0v) is 11.0. The minimum absolute atomic E-state index is 0.0780. The standard InChI is InChI=1S/C16H13NO3/c1-19-15-8-6-12(7-9-15)16(18)20-11-14-5-3-2-4-13(14)10-17/h2-9H,11H2,1H3. The number of carbonyl (C=O) groups excluding carboxylic acids is 1. The molecule has 0 heterocycles. The van der Waals surface area contributed by atoms with Gasteiger partial charge in [0.1, 0.15) is 12.4 Å². The van der Waals surface area contributed by atoms with Gasteiger partial charge in [-0.2, -0.15) is 5.26 Å². The van der Waals surface area contributed by atoms with Crippen molar-refractivity contribution in [3.05, 3.63) is 65.2 Å². The zero-order chi connectivity index (χ0) is 14.4. The third-order valence-electron chi connectivity index (χ3n) is 2.82. The van der Waals surface area contributed by atoms with Gasteiger partial charge in [0.15, 0.2) is 0 Å². The summed E-state index contributed by atoms with van der Waals surface area (Å²) in [5, 5.41) is 8.95. The van der Waals surface area contributed by atoms with Crippen molar-refractivity contribution in [1.82, 2.24) is 0 Å². The fourth-order valence-electron chi connectivity index (χ4n) is 1.71. The van der Waals surface area contributed by atoms with Crippen molar-refractivity contribution in [3.63, 3.8) is 0 Å². The van der Waals surface area contributed by atoms with Crippen LogP contribution < -0.4 is 4.74 Å². The first-order chi connectivity index (χ1) is 9.74. The number of nitrogens with zero attached hydrogens (tertiary/aromatic N) is 1. The molecule has 0 fully saturated rings. The molecule has 0 aliphatic rings. The monoisotopic (exact) mass is 267 g/mol. The molecule has 0 atom stereocenters. The van der Waals surface area contributed by atoms with Crippen molar-refractivity contribution in [1.29, 1.82) is 5.26 Å². The molecule has 2 aromatic carbocycles. The first-order valence-corrected chi connectivity index (χ1v) is 6.04. The van der Waals surface area contributed by atoms with Crippen molar-refractivity contribution in [3.8, 4) is 11.8 Å². The molecule has 2 rings (SSSR count). The maximum atomic E-state index is 11.9. The Kier molecular flexibility index (Phi) is 4.35. The van der Waals surface area contributed by atoms with Crippen LogP contribution >= 0.6 is 0 Å². The summed E-state index contributed by atoms with van der Waals surface area (Å²) in [6.45, 7) is 0.0780. The highest BCUT2D eigenvalue weighted by Crippen LogP contribution is 2.14. The van der Waals surface area contributed by atoms with Crippen LogP contribution in [-0.2, 0) is 11.3 Å². The quantitative estimate of drug-likeness (QED) is 0.799. The van der Waals surface area contributed by atoms with E-state index in [1.165, 1.54) is 0 Å². The molecule has 0 amide bonds. The normalized spacial score (nSPS) is 9.60. The molecule has 4 heteroatoms. The van der Waals surface area contributed by atoms with Gasteiger partial charge in [-0.25, -0.2) is 4.79 Å². The number of rotatable bonds is 4. The number of benzene rings is 2. The summed E-state index contributed by atoms with van der Waals surface area (Å²) in [6, 6.07) is 15.8. The van der Waals surface area contributed by atoms with E-state index in [1.807, 2.05) is 0 Å². The Bertz CT molecular complexity index is 642. The second-order valence-corrected chi connectivity index (χ2v) is 4.07. The average Bonchev–Trinajstić information content (AvgIpc) is 2.53. The first kappa shape index (κ1) is 13.6. The largest absolute Gasteiger partial charge is 0.497 e. The van der Waals surface area contributed by atoms with Crippen LogP contribution in [0.25, 0.3) is 0 Å². The van der Waals surface area contributed by atoms with Crippen LogP contribution in [0.5, 0.6) is 5.75 Å². The van der Waals surface area contributed by atoms with Crippen LogP contribution in [0.3, 0.4) is 0 Å². The van der Waals surface area contributed by atoms with E-state index in [9.17, 15) is 4.79 Å². The van der Waals surface area contributed by atoms with E-state index in [4.69, 9.17) is 14.7 Å². The van der Waals surface area contributed by atoms with E-state index < -0.39 is 5.97 Å². The molecular weight excluding hydrogens is 254 g/mol. The van der Waals surface area contributed by atoms with E-state index in [0.29, 0.717) is 22.4 Å². The molecule has 0 unspecified atom stereocenters. The highest BCUT2D eigenvalue weighted by molar-refractivity contribution is 5.89. The second kappa shape index (κ2) is 6.39. The van der Waals surface area contributed by atoms with E-state index in [0.717, 1.165) is 0 Å². The molecule has 0 saturated carbocycles. The number of hydrogen-bond acceptors (Lipinski definition) is 4. The minimum atomic E-state index is -0.430. The zero-order valence-electron chi connectivity index (χ0n) is 11.0. The summed E-state index contributed by atoms with van der Waals surface area (Å²) in [5.41, 5.74) is 1.65. The third kappa shape index (κ3) is 3.15. The summed E-state index contributed by atoms with van der Waals surface area (Å²) in [4.78, 5) is 11.9. The Hall–Kier alpha value is -2.80. The van der Waals surface area contributed by atoms with Crippen LogP contribution in [0.2, 0.25) is 0 Å². The lowest BCUT2D eigenvalue weighted by molar-refractivity contribution is 0.0472. The van der Waals surface area contributed by atoms with Crippen LogP contribution in [0.1, 0.15) is 21.5 Å². The van der Waals surface area contributed by atoms with Gasteiger partial charge in [0, 0.05) is 5.56 Å². The Balaban J connectivity index is 2.03. The lowest BCUT2D eigenvalue weighted by atomic mass is 10.1. The lowest BCUT2D eigenvalue weighted by Crippen LogP contribution is -2.06. The molecule has 0 aromatic heterocycles. The Morgan fingerprint density at radius 3 is 2.50 bits per heavy atom. The third-order valence-corrected chi connectivity index (χ3v) is 2.82. The first-order valence-electron chi connectivity index (χ1n) is 6.04. The van der Waals surface area contributed by atoms with Crippen molar-refractivity contribution >= 4 is 5.97 Å². The van der Waals surface area contributed by atoms with Crippen LogP contribution in [0, 0.1) is 11.3 Å². The maximum Gasteiger partial charge on any atom is 0.338 e. The Morgan fingerprint density at radius 1 is 1.15 bits per heavy atom. The number of hydrogen-bond donors (Lipinski definition) is 0. The second-order valence-electron chi connectivity index (χ2n) is 4.07. The highest BCUT2D eigenvalue weighted by atomic mass is 16.5. The van der Waals surface area contributed by atoms with E-state index in [-0.39, 0.29) is 6.61 Å². The number of esters is 1. The Labute approximate surface area is 117 Å². The van der Waals surface area contributed by atoms with Gasteiger partial charge in [-0.05, 0) is 30.3 Å². The summed E-state index contributed by atoms with van der Waals surface area (Å²) < 4.78 is 10.2. The minimum Gasteiger partial charge on any atom is -0.497 e. The summed E-state index contributed by atoms with van der Waals surface area (Å²) in [6.07, 6.45) is 0. The number of carbonyl (C=O) groups is 1. The van der Waals surface area contributed by atoms with Crippen molar-refractivity contribution in [2.45, 2.75) is 6.61 Å². The van der Waals surface area contributed by atoms with Crippen molar-refractivity contribution in [2.24, 2.45) is 0 Å². The van der Waals surface area contributed by atoms with Crippen molar-refractivity contribution in [2.75, 3.05) is 7.11 Å². The predicted molar refractivity (Wildman–Crippen MR) is 73.3 cm³/mol. The van der Waals surface area contributed by atoms with Gasteiger partial charge in [0.25, 0.3) is 0 Å². The number of methoxy groups -OCH3 is 1. The van der Waals surface area contributed by atoms with Gasteiger partial charge in [-0.1, -0.05) is 18.2 Å². The molecule has 0 saturated heterocycles. The molecule has 0 spiro atoms. The molecule has 0 radical (unpaired) electrons. The fourth-order valence-corrected chi connectivity index (χ4v) is 1.71. The molecule has 0 bridgehead atoms. The molecule has 0 aliphatic carbocycles. The molecule has 4 nitrogen and oxygen atoms in total. The number of nitriles is 1. The predicted octanol–water partition coefficient (Wildman–Crippen LogP) is 2.92. The SMILES string of the molecule is COc1ccc(C(=O)OCc2ccccc2C#N)cc1. The van der Waals surface area contributed by atoms with E-state index in [2.05, 4.69) is 6.07 Å². The Morgan fingerprint density at radius 2 is 1.85 bits per heavy atom. The fraction of sp³-hybridized carbons (Fsp3) is 0.125. The van der Waals surface area contributed by atoms with Gasteiger partial charge in [-0.15, -0.1) is 0 Å². The average molecular weight is 267 g/mol. The topological polar surface area (TPSA) is 59.3 Å². The highest BCUT2D eigenvalue weighted by Gasteiger charge is 2.09. The maximum absolute atomic E-state index is 11.9. The molecule has 2 aromatic rings. The van der Waals surface area contributed by atoms with Gasteiger partial charge in [0.2, 0.25) is 0 Å². The summed E-state index contributed by atoms with van der Waals surface area (Å²) >= 11 is 0.